The van der Waals surface area contributed by atoms with Gasteiger partial charge in [-0.1, -0.05) is 0 Å². The van der Waals surface area contributed by atoms with Crippen LogP contribution in [0.4, 0.5) is 0 Å². The molecule has 0 bridgehead atoms. The van der Waals surface area contributed by atoms with E-state index in [1.165, 1.54) is 17.9 Å². The lowest BCUT2D eigenvalue weighted by molar-refractivity contribution is -0.136. The lowest BCUT2D eigenvalue weighted by Gasteiger charge is -2.34. The molecule has 17 heavy (non-hydrogen) atoms. The standard InChI is InChI=1S/C12H23N3OS/c1-11(14-5-2-9-17-10-8-14)12(16)15-6-3-13-4-7-15/h11,13H,2-10H2,1H3. The molecule has 2 fully saturated rings. The highest BCUT2D eigenvalue weighted by Gasteiger charge is 2.27. The van der Waals surface area contributed by atoms with Crippen molar-refractivity contribution in [2.24, 2.45) is 0 Å². The first-order chi connectivity index (χ1) is 8.29. The van der Waals surface area contributed by atoms with E-state index in [0.717, 1.165) is 39.3 Å². The van der Waals surface area contributed by atoms with Crippen molar-refractivity contribution in [3.8, 4) is 0 Å². The normalized spacial score (nSPS) is 25.4. The van der Waals surface area contributed by atoms with E-state index in [4.69, 9.17) is 0 Å². The van der Waals surface area contributed by atoms with Crippen molar-refractivity contribution in [3.63, 3.8) is 0 Å². The van der Waals surface area contributed by atoms with Crippen molar-refractivity contribution in [1.29, 1.82) is 0 Å². The molecular formula is C12H23N3OS. The molecule has 2 heterocycles. The zero-order chi connectivity index (χ0) is 12.1. The molecule has 1 amide bonds. The largest absolute Gasteiger partial charge is 0.339 e. The van der Waals surface area contributed by atoms with E-state index < -0.39 is 0 Å². The van der Waals surface area contributed by atoms with Gasteiger partial charge in [0.05, 0.1) is 6.04 Å². The summed E-state index contributed by atoms with van der Waals surface area (Å²) in [6.45, 7) is 7.82. The Kier molecular flexibility index (Phi) is 5.13. The van der Waals surface area contributed by atoms with Crippen molar-refractivity contribution in [2.75, 3.05) is 50.8 Å². The van der Waals surface area contributed by atoms with E-state index in [2.05, 4.69) is 17.1 Å². The quantitative estimate of drug-likeness (QED) is 0.769. The summed E-state index contributed by atoms with van der Waals surface area (Å²) in [5, 5.41) is 3.29. The van der Waals surface area contributed by atoms with E-state index in [0.29, 0.717) is 5.91 Å². The second-order valence-corrected chi connectivity index (χ2v) is 5.98. The third kappa shape index (κ3) is 3.60. The second-order valence-electron chi connectivity index (χ2n) is 4.75. The van der Waals surface area contributed by atoms with Crippen LogP contribution in [0.1, 0.15) is 13.3 Å². The molecule has 1 N–H and O–H groups in total. The summed E-state index contributed by atoms with van der Waals surface area (Å²) in [4.78, 5) is 16.7. The van der Waals surface area contributed by atoms with Gasteiger partial charge in [-0.2, -0.15) is 11.8 Å². The van der Waals surface area contributed by atoms with Crippen LogP contribution in [-0.4, -0.2) is 72.5 Å². The van der Waals surface area contributed by atoms with Gasteiger partial charge in [0.2, 0.25) is 5.91 Å². The smallest absolute Gasteiger partial charge is 0.239 e. The fraction of sp³-hybridized carbons (Fsp3) is 0.917. The summed E-state index contributed by atoms with van der Waals surface area (Å²) >= 11 is 2.01. The monoisotopic (exact) mass is 257 g/mol. The van der Waals surface area contributed by atoms with Gasteiger partial charge in [-0.25, -0.2) is 0 Å². The minimum Gasteiger partial charge on any atom is -0.339 e. The van der Waals surface area contributed by atoms with Gasteiger partial charge in [0.25, 0.3) is 0 Å². The summed E-state index contributed by atoms with van der Waals surface area (Å²) in [5.74, 6) is 2.72. The van der Waals surface area contributed by atoms with Crippen LogP contribution < -0.4 is 5.32 Å². The van der Waals surface area contributed by atoms with Crippen molar-refractivity contribution < 1.29 is 4.79 Å². The summed E-state index contributed by atoms with van der Waals surface area (Å²) < 4.78 is 0. The number of carbonyl (C=O) groups is 1. The number of amides is 1. The number of piperazine rings is 1. The predicted octanol–water partition coefficient (Wildman–Crippen LogP) is 0.246. The highest BCUT2D eigenvalue weighted by Crippen LogP contribution is 2.14. The van der Waals surface area contributed by atoms with E-state index in [9.17, 15) is 4.79 Å². The van der Waals surface area contributed by atoms with Gasteiger partial charge in [-0.3, -0.25) is 9.69 Å². The Bertz CT molecular complexity index is 248. The van der Waals surface area contributed by atoms with E-state index >= 15 is 0 Å². The molecule has 1 unspecified atom stereocenters. The SMILES string of the molecule is CC(C(=O)N1CCNCC1)N1CCCSCC1. The van der Waals surface area contributed by atoms with Crippen LogP contribution in [0.2, 0.25) is 0 Å². The molecule has 0 aromatic heterocycles. The van der Waals surface area contributed by atoms with Crippen molar-refractivity contribution in [2.45, 2.75) is 19.4 Å². The Balaban J connectivity index is 1.88. The van der Waals surface area contributed by atoms with Gasteiger partial charge in [-0.05, 0) is 25.6 Å². The molecule has 1 atom stereocenters. The summed E-state index contributed by atoms with van der Waals surface area (Å²) in [6.07, 6.45) is 1.21. The number of carbonyl (C=O) groups excluding carboxylic acids is 1. The maximum Gasteiger partial charge on any atom is 0.239 e. The first-order valence-electron chi connectivity index (χ1n) is 6.60. The minimum atomic E-state index is 0.0619. The average Bonchev–Trinajstić information content (AvgIpc) is 2.67. The lowest BCUT2D eigenvalue weighted by atomic mass is 10.2. The van der Waals surface area contributed by atoms with Crippen molar-refractivity contribution in [3.05, 3.63) is 0 Å². The minimum absolute atomic E-state index is 0.0619. The molecule has 2 aliphatic heterocycles. The third-order valence-corrected chi connectivity index (χ3v) is 4.64. The molecule has 0 aromatic carbocycles. The number of hydrogen-bond donors (Lipinski definition) is 1. The van der Waals surface area contributed by atoms with Crippen LogP contribution >= 0.6 is 11.8 Å². The number of hydrogen-bond acceptors (Lipinski definition) is 4. The zero-order valence-corrected chi connectivity index (χ0v) is 11.5. The topological polar surface area (TPSA) is 35.6 Å². The predicted molar refractivity (Wildman–Crippen MR) is 72.4 cm³/mol. The Hall–Kier alpha value is -0.260. The maximum absolute atomic E-state index is 12.4. The first kappa shape index (κ1) is 13.2. The molecule has 0 saturated carbocycles. The van der Waals surface area contributed by atoms with Gasteiger partial charge in [0, 0.05) is 38.5 Å². The first-order valence-corrected chi connectivity index (χ1v) is 7.76. The molecule has 5 heteroatoms. The lowest BCUT2D eigenvalue weighted by Crippen LogP contribution is -2.53. The van der Waals surface area contributed by atoms with Crippen LogP contribution in [0.15, 0.2) is 0 Å². The molecule has 98 valence electrons. The van der Waals surface area contributed by atoms with E-state index in [1.807, 2.05) is 16.7 Å². The highest BCUT2D eigenvalue weighted by molar-refractivity contribution is 7.99. The molecule has 0 aliphatic carbocycles. The van der Waals surface area contributed by atoms with Crippen LogP contribution in [0.25, 0.3) is 0 Å². The zero-order valence-electron chi connectivity index (χ0n) is 10.7. The van der Waals surface area contributed by atoms with Gasteiger partial charge in [0.1, 0.15) is 0 Å². The average molecular weight is 257 g/mol. The molecule has 0 aromatic rings. The van der Waals surface area contributed by atoms with Gasteiger partial charge in [0.15, 0.2) is 0 Å². The number of thioether (sulfide) groups is 1. The third-order valence-electron chi connectivity index (χ3n) is 3.59. The molecule has 2 aliphatic rings. The Morgan fingerprint density at radius 1 is 1.18 bits per heavy atom. The fourth-order valence-corrected chi connectivity index (χ4v) is 3.36. The van der Waals surface area contributed by atoms with Crippen LogP contribution in [0.3, 0.4) is 0 Å². The second kappa shape index (κ2) is 6.61. The van der Waals surface area contributed by atoms with Gasteiger partial charge < -0.3 is 10.2 Å². The number of nitrogens with zero attached hydrogens (tertiary/aromatic N) is 2. The summed E-state index contributed by atoms with van der Waals surface area (Å²) in [5.41, 5.74) is 0. The molecule has 0 spiro atoms. The molecule has 2 rings (SSSR count). The Labute approximate surface area is 108 Å². The van der Waals surface area contributed by atoms with E-state index in [1.54, 1.807) is 0 Å². The number of nitrogens with one attached hydrogen (secondary N) is 1. The van der Waals surface area contributed by atoms with Crippen LogP contribution in [-0.2, 0) is 4.79 Å². The van der Waals surface area contributed by atoms with Crippen LogP contribution in [0, 0.1) is 0 Å². The van der Waals surface area contributed by atoms with Gasteiger partial charge in [-0.15, -0.1) is 0 Å². The Morgan fingerprint density at radius 2 is 1.94 bits per heavy atom. The molecule has 0 radical (unpaired) electrons. The van der Waals surface area contributed by atoms with Crippen molar-refractivity contribution >= 4 is 17.7 Å². The van der Waals surface area contributed by atoms with E-state index in [-0.39, 0.29) is 6.04 Å². The molecule has 4 nitrogen and oxygen atoms in total. The summed E-state index contributed by atoms with van der Waals surface area (Å²) in [7, 11) is 0. The van der Waals surface area contributed by atoms with Crippen molar-refractivity contribution in [1.82, 2.24) is 15.1 Å². The maximum atomic E-state index is 12.4. The van der Waals surface area contributed by atoms with Gasteiger partial charge >= 0.3 is 0 Å². The molecule has 2 saturated heterocycles. The van der Waals surface area contributed by atoms with Crippen LogP contribution in [0.5, 0.6) is 0 Å². The summed E-state index contributed by atoms with van der Waals surface area (Å²) in [6, 6.07) is 0.0619. The fourth-order valence-electron chi connectivity index (χ4n) is 2.46. The highest BCUT2D eigenvalue weighted by atomic mass is 32.2. The Morgan fingerprint density at radius 3 is 2.71 bits per heavy atom. The molecular weight excluding hydrogens is 234 g/mol. The number of rotatable bonds is 2.